The molecule has 2 rings (SSSR count). The van der Waals surface area contributed by atoms with E-state index in [1.54, 1.807) is 4.90 Å². The van der Waals surface area contributed by atoms with Crippen LogP contribution < -0.4 is 0 Å². The maximum absolute atomic E-state index is 12.7. The summed E-state index contributed by atoms with van der Waals surface area (Å²) in [6.45, 7) is 4.22. The lowest BCUT2D eigenvalue weighted by Crippen LogP contribution is -2.63. The summed E-state index contributed by atoms with van der Waals surface area (Å²) >= 11 is 0. The Morgan fingerprint density at radius 2 is 2.07 bits per heavy atom. The van der Waals surface area contributed by atoms with Crippen LogP contribution in [0.4, 0.5) is 8.78 Å². The molecule has 0 aromatic heterocycles. The molecule has 0 bridgehead atoms. The molecular formula is C10H18F2N2O. The van der Waals surface area contributed by atoms with E-state index in [0.29, 0.717) is 6.61 Å². The summed E-state index contributed by atoms with van der Waals surface area (Å²) in [5.41, 5.74) is 0. The van der Waals surface area contributed by atoms with Crippen LogP contribution in [-0.4, -0.2) is 67.7 Å². The third-order valence-corrected chi connectivity index (χ3v) is 3.28. The molecule has 2 heterocycles. The number of hydrogen-bond acceptors (Lipinski definition) is 3. The molecule has 2 aliphatic heterocycles. The zero-order valence-electron chi connectivity index (χ0n) is 9.25. The fourth-order valence-corrected chi connectivity index (χ4v) is 2.17. The van der Waals surface area contributed by atoms with Crippen molar-refractivity contribution in [2.24, 2.45) is 0 Å². The third kappa shape index (κ3) is 2.46. The van der Waals surface area contributed by atoms with Gasteiger partial charge in [-0.05, 0) is 14.0 Å². The third-order valence-electron chi connectivity index (χ3n) is 3.28. The van der Waals surface area contributed by atoms with Gasteiger partial charge in [-0.2, -0.15) is 0 Å². The van der Waals surface area contributed by atoms with E-state index < -0.39 is 5.92 Å². The lowest BCUT2D eigenvalue weighted by molar-refractivity contribution is -0.168. The highest BCUT2D eigenvalue weighted by atomic mass is 19.3. The van der Waals surface area contributed by atoms with Crippen LogP contribution in [-0.2, 0) is 4.74 Å². The maximum Gasteiger partial charge on any atom is 0.272 e. The molecule has 2 saturated heterocycles. The highest BCUT2D eigenvalue weighted by molar-refractivity contribution is 4.93. The molecule has 2 aliphatic rings. The van der Waals surface area contributed by atoms with E-state index in [1.807, 2.05) is 14.0 Å². The molecule has 0 aromatic rings. The number of likely N-dealkylation sites (tertiary alicyclic amines) is 1. The minimum absolute atomic E-state index is 0.0693. The predicted molar refractivity (Wildman–Crippen MR) is 53.2 cm³/mol. The zero-order chi connectivity index (χ0) is 11.1. The number of ether oxygens (including phenoxy) is 1. The Labute approximate surface area is 89.0 Å². The Kier molecular flexibility index (Phi) is 2.96. The SMILES string of the molecule is CC([C@H]1CN(C)CCO1)N1CC(F)(F)C1. The van der Waals surface area contributed by atoms with Gasteiger partial charge in [-0.3, -0.25) is 4.90 Å². The van der Waals surface area contributed by atoms with E-state index in [2.05, 4.69) is 4.90 Å². The molecule has 1 unspecified atom stereocenters. The molecule has 88 valence electrons. The van der Waals surface area contributed by atoms with E-state index in [-0.39, 0.29) is 25.2 Å². The van der Waals surface area contributed by atoms with Gasteiger partial charge in [0.05, 0.1) is 25.8 Å². The standard InChI is InChI=1S/C10H18F2N2O/c1-8(14-6-10(11,12)7-14)9-5-13(2)3-4-15-9/h8-9H,3-7H2,1-2H3/t8?,9-/m1/s1. The van der Waals surface area contributed by atoms with Crippen LogP contribution in [0.15, 0.2) is 0 Å². The molecule has 0 amide bonds. The largest absolute Gasteiger partial charge is 0.374 e. The van der Waals surface area contributed by atoms with Gasteiger partial charge < -0.3 is 9.64 Å². The summed E-state index contributed by atoms with van der Waals surface area (Å²) in [7, 11) is 2.03. The van der Waals surface area contributed by atoms with Crippen molar-refractivity contribution in [2.75, 3.05) is 39.8 Å². The highest BCUT2D eigenvalue weighted by Gasteiger charge is 2.47. The minimum atomic E-state index is -2.48. The summed E-state index contributed by atoms with van der Waals surface area (Å²) in [6, 6.07) is 0.0902. The quantitative estimate of drug-likeness (QED) is 0.680. The number of alkyl halides is 2. The average molecular weight is 220 g/mol. The van der Waals surface area contributed by atoms with Crippen molar-refractivity contribution in [3.05, 3.63) is 0 Å². The molecule has 0 aliphatic carbocycles. The molecule has 15 heavy (non-hydrogen) atoms. The van der Waals surface area contributed by atoms with Gasteiger partial charge in [0.15, 0.2) is 0 Å². The summed E-state index contributed by atoms with van der Waals surface area (Å²) in [6.07, 6.45) is 0.0693. The number of hydrogen-bond donors (Lipinski definition) is 0. The van der Waals surface area contributed by atoms with Crippen molar-refractivity contribution in [1.29, 1.82) is 0 Å². The van der Waals surface area contributed by atoms with Crippen molar-refractivity contribution in [3.8, 4) is 0 Å². The number of halogens is 2. The number of morpholine rings is 1. The lowest BCUT2D eigenvalue weighted by Gasteiger charge is -2.46. The number of likely N-dealkylation sites (N-methyl/N-ethyl adjacent to an activating group) is 1. The Balaban J connectivity index is 1.83. The smallest absolute Gasteiger partial charge is 0.272 e. The van der Waals surface area contributed by atoms with Crippen LogP contribution >= 0.6 is 0 Å². The fourth-order valence-electron chi connectivity index (χ4n) is 2.17. The van der Waals surface area contributed by atoms with E-state index in [0.717, 1.165) is 13.1 Å². The van der Waals surface area contributed by atoms with Crippen LogP contribution in [0.5, 0.6) is 0 Å². The summed E-state index contributed by atoms with van der Waals surface area (Å²) in [5.74, 6) is -2.48. The van der Waals surface area contributed by atoms with Gasteiger partial charge in [-0.25, -0.2) is 8.78 Å². The van der Waals surface area contributed by atoms with E-state index >= 15 is 0 Å². The first-order valence-corrected chi connectivity index (χ1v) is 5.40. The van der Waals surface area contributed by atoms with E-state index in [1.165, 1.54) is 0 Å². The molecule has 0 aromatic carbocycles. The second-order valence-corrected chi connectivity index (χ2v) is 4.67. The van der Waals surface area contributed by atoms with Gasteiger partial charge in [0.1, 0.15) is 0 Å². The molecule has 2 fully saturated rings. The summed E-state index contributed by atoms with van der Waals surface area (Å²) < 4.78 is 31.0. The van der Waals surface area contributed by atoms with Crippen molar-refractivity contribution < 1.29 is 13.5 Å². The van der Waals surface area contributed by atoms with Crippen LogP contribution in [0.25, 0.3) is 0 Å². The zero-order valence-corrected chi connectivity index (χ0v) is 9.25. The van der Waals surface area contributed by atoms with Crippen molar-refractivity contribution >= 4 is 0 Å². The minimum Gasteiger partial charge on any atom is -0.374 e. The fraction of sp³-hybridized carbons (Fsp3) is 1.00. The van der Waals surface area contributed by atoms with E-state index in [9.17, 15) is 8.78 Å². The monoisotopic (exact) mass is 220 g/mol. The Morgan fingerprint density at radius 3 is 2.60 bits per heavy atom. The molecule has 3 nitrogen and oxygen atoms in total. The first-order chi connectivity index (χ1) is 6.98. The van der Waals surface area contributed by atoms with Gasteiger partial charge in [-0.1, -0.05) is 0 Å². The lowest BCUT2D eigenvalue weighted by atomic mass is 10.0. The average Bonchev–Trinajstić information content (AvgIpc) is 2.13. The molecular weight excluding hydrogens is 202 g/mol. The van der Waals surface area contributed by atoms with Crippen molar-refractivity contribution in [3.63, 3.8) is 0 Å². The molecule has 0 saturated carbocycles. The summed E-state index contributed by atoms with van der Waals surface area (Å²) in [4.78, 5) is 3.98. The van der Waals surface area contributed by atoms with Gasteiger partial charge in [0.2, 0.25) is 0 Å². The summed E-state index contributed by atoms with van der Waals surface area (Å²) in [5, 5.41) is 0. The Morgan fingerprint density at radius 1 is 1.40 bits per heavy atom. The molecule has 0 N–H and O–H groups in total. The van der Waals surface area contributed by atoms with Crippen LogP contribution in [0.1, 0.15) is 6.92 Å². The Bertz CT molecular complexity index is 229. The highest BCUT2D eigenvalue weighted by Crippen LogP contribution is 2.30. The molecule has 2 atom stereocenters. The number of rotatable bonds is 2. The molecule has 5 heteroatoms. The van der Waals surface area contributed by atoms with Gasteiger partial charge in [0.25, 0.3) is 5.92 Å². The normalized spacial score (nSPS) is 34.8. The second-order valence-electron chi connectivity index (χ2n) is 4.67. The Hall–Kier alpha value is -0.260. The van der Waals surface area contributed by atoms with Gasteiger partial charge >= 0.3 is 0 Å². The number of nitrogens with zero attached hydrogens (tertiary/aromatic N) is 2. The van der Waals surface area contributed by atoms with Crippen LogP contribution in [0, 0.1) is 0 Å². The molecule has 0 spiro atoms. The van der Waals surface area contributed by atoms with Gasteiger partial charge in [-0.15, -0.1) is 0 Å². The van der Waals surface area contributed by atoms with Crippen molar-refractivity contribution in [1.82, 2.24) is 9.80 Å². The molecule has 0 radical (unpaired) electrons. The predicted octanol–water partition coefficient (Wildman–Crippen LogP) is 0.656. The van der Waals surface area contributed by atoms with Crippen molar-refractivity contribution in [2.45, 2.75) is 25.0 Å². The first-order valence-electron chi connectivity index (χ1n) is 5.40. The van der Waals surface area contributed by atoms with Crippen LogP contribution in [0.2, 0.25) is 0 Å². The van der Waals surface area contributed by atoms with Crippen LogP contribution in [0.3, 0.4) is 0 Å². The second kappa shape index (κ2) is 3.96. The van der Waals surface area contributed by atoms with E-state index in [4.69, 9.17) is 4.74 Å². The maximum atomic E-state index is 12.7. The topological polar surface area (TPSA) is 15.7 Å². The van der Waals surface area contributed by atoms with Gasteiger partial charge in [0, 0.05) is 19.1 Å². The first kappa shape index (κ1) is 11.2.